The normalized spacial score (nSPS) is 14.2. The first-order chi connectivity index (χ1) is 8.20. The zero-order chi connectivity index (χ0) is 12.0. The summed E-state index contributed by atoms with van der Waals surface area (Å²) in [4.78, 5) is 4.76. The zero-order valence-electron chi connectivity index (χ0n) is 10.4. The van der Waals surface area contributed by atoms with E-state index < -0.39 is 0 Å². The molecule has 2 aromatic rings. The Labute approximate surface area is 101 Å². The van der Waals surface area contributed by atoms with Crippen LogP contribution in [0.15, 0.2) is 12.1 Å². The fourth-order valence-corrected chi connectivity index (χ4v) is 2.86. The molecule has 0 unspecified atom stereocenters. The Bertz CT molecular complexity index is 596. The third kappa shape index (κ3) is 1.51. The highest BCUT2D eigenvalue weighted by molar-refractivity contribution is 5.86. The Kier molecular flexibility index (Phi) is 2.32. The van der Waals surface area contributed by atoms with Gasteiger partial charge in [-0.05, 0) is 61.4 Å². The molecule has 17 heavy (non-hydrogen) atoms. The highest BCUT2D eigenvalue weighted by atomic mass is 16.3. The lowest BCUT2D eigenvalue weighted by atomic mass is 10.00. The second kappa shape index (κ2) is 3.73. The number of pyridine rings is 1. The van der Waals surface area contributed by atoms with E-state index in [0.29, 0.717) is 5.75 Å². The molecule has 0 amide bonds. The second-order valence-corrected chi connectivity index (χ2v) is 4.87. The zero-order valence-corrected chi connectivity index (χ0v) is 10.4. The van der Waals surface area contributed by atoms with Crippen molar-refractivity contribution in [3.05, 3.63) is 34.5 Å². The molecular weight excluding hydrogens is 210 g/mol. The van der Waals surface area contributed by atoms with Gasteiger partial charge in [0.05, 0.1) is 5.52 Å². The van der Waals surface area contributed by atoms with Crippen LogP contribution in [0.25, 0.3) is 10.9 Å². The van der Waals surface area contributed by atoms with E-state index in [-0.39, 0.29) is 0 Å². The number of rotatable bonds is 1. The van der Waals surface area contributed by atoms with Crippen molar-refractivity contribution in [2.45, 2.75) is 39.5 Å². The van der Waals surface area contributed by atoms with Crippen LogP contribution < -0.4 is 0 Å². The summed E-state index contributed by atoms with van der Waals surface area (Å²) in [5, 5.41) is 11.1. The summed E-state index contributed by atoms with van der Waals surface area (Å²) in [5.74, 6) is 0.405. The van der Waals surface area contributed by atoms with Gasteiger partial charge in [0, 0.05) is 11.1 Å². The molecule has 0 fully saturated rings. The molecule has 0 radical (unpaired) electrons. The maximum absolute atomic E-state index is 9.95. The summed E-state index contributed by atoms with van der Waals surface area (Å²) >= 11 is 0. The number of benzene rings is 1. The third-order valence-corrected chi connectivity index (χ3v) is 3.88. The lowest BCUT2D eigenvalue weighted by molar-refractivity contribution is 0.469. The number of hydrogen-bond donors (Lipinski definition) is 1. The number of phenols is 1. The third-order valence-electron chi connectivity index (χ3n) is 3.88. The van der Waals surface area contributed by atoms with Crippen LogP contribution in [-0.4, -0.2) is 10.1 Å². The minimum absolute atomic E-state index is 0.405. The summed E-state index contributed by atoms with van der Waals surface area (Å²) in [5.41, 5.74) is 6.00. The average molecular weight is 227 g/mol. The Hall–Kier alpha value is -1.57. The predicted molar refractivity (Wildman–Crippen MR) is 69.5 cm³/mol. The second-order valence-electron chi connectivity index (χ2n) is 4.87. The molecule has 0 saturated carbocycles. The van der Waals surface area contributed by atoms with Crippen LogP contribution >= 0.6 is 0 Å². The first-order valence-corrected chi connectivity index (χ1v) is 6.34. The van der Waals surface area contributed by atoms with Crippen LogP contribution in [0.2, 0.25) is 0 Å². The molecule has 3 rings (SSSR count). The van der Waals surface area contributed by atoms with Crippen molar-refractivity contribution in [2.24, 2.45) is 0 Å². The number of hydrogen-bond acceptors (Lipinski definition) is 2. The predicted octanol–water partition coefficient (Wildman–Crippen LogP) is 3.30. The topological polar surface area (TPSA) is 33.1 Å². The summed E-state index contributed by atoms with van der Waals surface area (Å²) in [6.45, 7) is 4.21. The molecule has 2 heteroatoms. The van der Waals surface area contributed by atoms with Crippen molar-refractivity contribution in [3.63, 3.8) is 0 Å². The van der Waals surface area contributed by atoms with Gasteiger partial charge in [0.15, 0.2) is 0 Å². The lowest BCUT2D eigenvalue weighted by Gasteiger charge is -2.10. The largest absolute Gasteiger partial charge is 0.508 e. The molecule has 2 nitrogen and oxygen atoms in total. The number of aromatic nitrogens is 1. The van der Waals surface area contributed by atoms with Gasteiger partial charge in [-0.2, -0.15) is 0 Å². The van der Waals surface area contributed by atoms with Crippen molar-refractivity contribution >= 4 is 10.9 Å². The van der Waals surface area contributed by atoms with Gasteiger partial charge < -0.3 is 5.11 Å². The van der Waals surface area contributed by atoms with Gasteiger partial charge in [-0.1, -0.05) is 6.92 Å². The molecule has 0 bridgehead atoms. The van der Waals surface area contributed by atoms with Crippen molar-refractivity contribution in [2.75, 3.05) is 0 Å². The molecule has 0 atom stereocenters. The van der Waals surface area contributed by atoms with Crippen LogP contribution in [0.4, 0.5) is 0 Å². The first-order valence-electron chi connectivity index (χ1n) is 6.34. The van der Waals surface area contributed by atoms with Gasteiger partial charge in [-0.25, -0.2) is 0 Å². The summed E-state index contributed by atoms with van der Waals surface area (Å²) in [6.07, 6.45) is 4.31. The van der Waals surface area contributed by atoms with Crippen LogP contribution in [-0.2, 0) is 19.3 Å². The van der Waals surface area contributed by atoms with E-state index in [0.717, 1.165) is 35.7 Å². The van der Waals surface area contributed by atoms with Gasteiger partial charge in [0.1, 0.15) is 5.75 Å². The molecule has 1 aliphatic carbocycles. The van der Waals surface area contributed by atoms with Crippen LogP contribution in [0.5, 0.6) is 5.75 Å². The molecule has 0 aliphatic heterocycles. The highest BCUT2D eigenvalue weighted by Crippen LogP contribution is 2.32. The molecule has 0 saturated heterocycles. The molecule has 1 aromatic heterocycles. The average Bonchev–Trinajstić information content (AvgIpc) is 2.78. The Balaban J connectivity index is 2.35. The smallest absolute Gasteiger partial charge is 0.119 e. The molecule has 1 heterocycles. The van der Waals surface area contributed by atoms with Crippen molar-refractivity contribution in [3.8, 4) is 5.75 Å². The van der Waals surface area contributed by atoms with E-state index in [1.165, 1.54) is 23.2 Å². The van der Waals surface area contributed by atoms with Crippen molar-refractivity contribution in [1.29, 1.82) is 0 Å². The van der Waals surface area contributed by atoms with Crippen molar-refractivity contribution in [1.82, 2.24) is 4.98 Å². The number of aryl methyl sites for hydroxylation is 3. The fourth-order valence-electron chi connectivity index (χ4n) is 2.86. The van der Waals surface area contributed by atoms with Crippen LogP contribution in [0, 0.1) is 6.92 Å². The van der Waals surface area contributed by atoms with E-state index in [1.54, 1.807) is 0 Å². The molecule has 1 N–H and O–H groups in total. The van der Waals surface area contributed by atoms with Crippen LogP contribution in [0.3, 0.4) is 0 Å². The van der Waals surface area contributed by atoms with Gasteiger partial charge in [-0.3, -0.25) is 4.98 Å². The number of fused-ring (bicyclic) bond motifs is 2. The van der Waals surface area contributed by atoms with Crippen molar-refractivity contribution < 1.29 is 5.11 Å². The Morgan fingerprint density at radius 2 is 2.12 bits per heavy atom. The molecule has 88 valence electrons. The summed E-state index contributed by atoms with van der Waals surface area (Å²) < 4.78 is 0. The minimum Gasteiger partial charge on any atom is -0.508 e. The Morgan fingerprint density at radius 3 is 2.88 bits per heavy atom. The monoisotopic (exact) mass is 227 g/mol. The first kappa shape index (κ1) is 10.6. The molecule has 0 spiro atoms. The number of phenolic OH excluding ortho intramolecular Hbond substituents is 1. The maximum atomic E-state index is 9.95. The molecule has 1 aliphatic rings. The van der Waals surface area contributed by atoms with Gasteiger partial charge in [0.25, 0.3) is 0 Å². The van der Waals surface area contributed by atoms with E-state index in [9.17, 15) is 5.11 Å². The lowest BCUT2D eigenvalue weighted by Crippen LogP contribution is -1.95. The van der Waals surface area contributed by atoms with E-state index in [1.807, 2.05) is 12.1 Å². The number of aromatic hydroxyl groups is 1. The van der Waals surface area contributed by atoms with E-state index >= 15 is 0 Å². The Morgan fingerprint density at radius 1 is 1.29 bits per heavy atom. The highest BCUT2D eigenvalue weighted by Gasteiger charge is 2.17. The SMILES string of the molecule is CCc1cc2nc3c(c(C)c2cc1O)CCC3. The summed E-state index contributed by atoms with van der Waals surface area (Å²) in [6, 6.07) is 3.92. The minimum atomic E-state index is 0.405. The maximum Gasteiger partial charge on any atom is 0.119 e. The molecular formula is C15H17NO. The summed E-state index contributed by atoms with van der Waals surface area (Å²) in [7, 11) is 0. The van der Waals surface area contributed by atoms with E-state index in [2.05, 4.69) is 13.8 Å². The molecule has 1 aromatic carbocycles. The van der Waals surface area contributed by atoms with Crippen LogP contribution in [0.1, 0.15) is 35.7 Å². The van der Waals surface area contributed by atoms with Gasteiger partial charge >= 0.3 is 0 Å². The fraction of sp³-hybridized carbons (Fsp3) is 0.400. The number of nitrogens with zero attached hydrogens (tertiary/aromatic N) is 1. The van der Waals surface area contributed by atoms with E-state index in [4.69, 9.17) is 4.98 Å². The standard InChI is InChI=1S/C15H17NO/c1-3-10-7-14-12(8-15(10)17)9(2)11-5-4-6-13(11)16-14/h7-8,17H,3-6H2,1-2H3. The quantitative estimate of drug-likeness (QED) is 0.810. The van der Waals surface area contributed by atoms with Gasteiger partial charge in [-0.15, -0.1) is 0 Å². The van der Waals surface area contributed by atoms with Gasteiger partial charge in [0.2, 0.25) is 0 Å².